The van der Waals surface area contributed by atoms with Gasteiger partial charge < -0.3 is 23.8 Å². The van der Waals surface area contributed by atoms with Gasteiger partial charge in [-0.2, -0.15) is 0 Å². The third-order valence-corrected chi connectivity index (χ3v) is 7.28. The summed E-state index contributed by atoms with van der Waals surface area (Å²) in [7, 11) is 1.65. The van der Waals surface area contributed by atoms with E-state index in [-0.39, 0.29) is 6.03 Å². The van der Waals surface area contributed by atoms with Crippen LogP contribution in [0.25, 0.3) is 10.2 Å². The van der Waals surface area contributed by atoms with Crippen LogP contribution in [-0.4, -0.2) is 68.3 Å². The van der Waals surface area contributed by atoms with Crippen LogP contribution in [0.1, 0.15) is 37.2 Å². The van der Waals surface area contributed by atoms with Crippen LogP contribution >= 0.6 is 11.3 Å². The number of methoxy groups -OCH3 is 1. The van der Waals surface area contributed by atoms with Crippen molar-refractivity contribution < 1.29 is 23.7 Å². The number of rotatable bonds is 3. The Morgan fingerprint density at radius 2 is 1.93 bits per heavy atom. The number of nitrogens with zero attached hydrogens (tertiary/aromatic N) is 2. The third-order valence-electron chi connectivity index (χ3n) is 6.26. The predicted octanol–water partition coefficient (Wildman–Crippen LogP) is 3.57. The highest BCUT2D eigenvalue weighted by Gasteiger charge is 2.40. The van der Waals surface area contributed by atoms with Gasteiger partial charge in [-0.25, -0.2) is 9.78 Å². The maximum absolute atomic E-state index is 12.8. The molecule has 0 saturated carbocycles. The maximum atomic E-state index is 12.8. The van der Waals surface area contributed by atoms with Crippen LogP contribution in [0.15, 0.2) is 12.1 Å². The van der Waals surface area contributed by atoms with E-state index in [0.29, 0.717) is 50.2 Å². The average molecular weight is 434 g/mol. The van der Waals surface area contributed by atoms with Crippen LogP contribution in [0.3, 0.4) is 0 Å². The highest BCUT2D eigenvalue weighted by molar-refractivity contribution is 7.22. The summed E-state index contributed by atoms with van der Waals surface area (Å²) in [5.74, 6) is 0.687. The number of urea groups is 1. The van der Waals surface area contributed by atoms with Crippen LogP contribution in [0.5, 0.6) is 5.75 Å². The Balaban J connectivity index is 1.33. The standard InChI is InChI=1S/C21H27N3O5S/c1-26-16-3-2-15(14-4-10-27-11-5-14)18-17(16)22-19(30-18)23-20(25)24-8-6-21(7-9-24)28-12-13-29-21/h2-3,14H,4-13H2,1H3,(H,22,23,25). The number of hydrogen-bond acceptors (Lipinski definition) is 7. The smallest absolute Gasteiger partial charge is 0.323 e. The number of aromatic nitrogens is 1. The van der Waals surface area contributed by atoms with Crippen molar-refractivity contribution in [1.29, 1.82) is 0 Å². The fourth-order valence-electron chi connectivity index (χ4n) is 4.56. The number of likely N-dealkylation sites (tertiary alicyclic amines) is 1. The lowest BCUT2D eigenvalue weighted by molar-refractivity contribution is -0.181. The van der Waals surface area contributed by atoms with Crippen LogP contribution < -0.4 is 10.1 Å². The van der Waals surface area contributed by atoms with Gasteiger partial charge in [-0.1, -0.05) is 17.4 Å². The van der Waals surface area contributed by atoms with Crippen molar-refractivity contribution in [2.45, 2.75) is 37.4 Å². The zero-order chi connectivity index (χ0) is 20.6. The molecule has 3 aliphatic heterocycles. The Morgan fingerprint density at radius 3 is 2.63 bits per heavy atom. The Labute approximate surface area is 179 Å². The molecule has 9 heteroatoms. The summed E-state index contributed by atoms with van der Waals surface area (Å²) >= 11 is 1.52. The van der Waals surface area contributed by atoms with Crippen molar-refractivity contribution in [2.75, 3.05) is 51.9 Å². The monoisotopic (exact) mass is 433 g/mol. The Bertz CT molecular complexity index is 911. The minimum atomic E-state index is -0.487. The Hall–Kier alpha value is -1.94. The minimum absolute atomic E-state index is 0.131. The van der Waals surface area contributed by atoms with Gasteiger partial charge >= 0.3 is 6.03 Å². The van der Waals surface area contributed by atoms with Crippen molar-refractivity contribution in [3.05, 3.63) is 17.7 Å². The largest absolute Gasteiger partial charge is 0.494 e. The molecule has 4 heterocycles. The number of fused-ring (bicyclic) bond motifs is 1. The third kappa shape index (κ3) is 3.75. The summed E-state index contributed by atoms with van der Waals surface area (Å²) in [6, 6.07) is 3.98. The van der Waals surface area contributed by atoms with E-state index in [2.05, 4.69) is 11.4 Å². The van der Waals surface area contributed by atoms with E-state index in [1.54, 1.807) is 12.0 Å². The summed E-state index contributed by atoms with van der Waals surface area (Å²) < 4.78 is 23.6. The van der Waals surface area contributed by atoms with Gasteiger partial charge in [-0.15, -0.1) is 0 Å². The van der Waals surface area contributed by atoms with E-state index < -0.39 is 5.79 Å². The molecule has 0 unspecified atom stereocenters. The maximum Gasteiger partial charge on any atom is 0.323 e. The van der Waals surface area contributed by atoms with Crippen LogP contribution in [0, 0.1) is 0 Å². The first kappa shape index (κ1) is 20.0. The summed E-state index contributed by atoms with van der Waals surface area (Å²) in [5, 5.41) is 3.59. The summed E-state index contributed by atoms with van der Waals surface area (Å²) in [6.07, 6.45) is 3.39. The first-order chi connectivity index (χ1) is 14.7. The zero-order valence-electron chi connectivity index (χ0n) is 17.1. The number of ether oxygens (including phenoxy) is 4. The molecule has 5 rings (SSSR count). The van der Waals surface area contributed by atoms with Gasteiger partial charge in [-0.3, -0.25) is 5.32 Å². The number of nitrogens with one attached hydrogen (secondary N) is 1. The molecule has 2 amide bonds. The fourth-order valence-corrected chi connectivity index (χ4v) is 5.62. The van der Waals surface area contributed by atoms with Crippen molar-refractivity contribution in [2.24, 2.45) is 0 Å². The molecule has 0 aliphatic carbocycles. The topological polar surface area (TPSA) is 82.2 Å². The number of hydrogen-bond donors (Lipinski definition) is 1. The lowest BCUT2D eigenvalue weighted by Crippen LogP contribution is -2.48. The normalized spacial score (nSPS) is 22.0. The van der Waals surface area contributed by atoms with Gasteiger partial charge in [-0.05, 0) is 30.4 Å². The Kier molecular flexibility index (Phi) is 5.53. The SMILES string of the molecule is COc1ccc(C2CCOCC2)c2sc(NC(=O)N3CCC4(CC3)OCCO4)nc12. The number of anilines is 1. The highest BCUT2D eigenvalue weighted by atomic mass is 32.1. The molecule has 8 nitrogen and oxygen atoms in total. The molecule has 3 saturated heterocycles. The zero-order valence-corrected chi connectivity index (χ0v) is 18.0. The van der Waals surface area contributed by atoms with Gasteiger partial charge in [0.05, 0.1) is 25.0 Å². The van der Waals surface area contributed by atoms with Gasteiger partial charge in [0.2, 0.25) is 0 Å². The molecule has 0 bridgehead atoms. The number of piperidine rings is 1. The number of amides is 2. The molecule has 30 heavy (non-hydrogen) atoms. The molecule has 1 N–H and O–H groups in total. The molecule has 3 aliphatic rings. The second-order valence-corrected chi connectivity index (χ2v) is 8.96. The van der Waals surface area contributed by atoms with Gasteiger partial charge in [0.15, 0.2) is 10.9 Å². The van der Waals surface area contributed by atoms with Crippen molar-refractivity contribution >= 4 is 32.7 Å². The minimum Gasteiger partial charge on any atom is -0.494 e. The second-order valence-electron chi connectivity index (χ2n) is 7.97. The van der Waals surface area contributed by atoms with E-state index >= 15 is 0 Å². The van der Waals surface area contributed by atoms with E-state index in [0.717, 1.165) is 42.0 Å². The number of carbonyl (C=O) groups excluding carboxylic acids is 1. The number of carbonyl (C=O) groups is 1. The quantitative estimate of drug-likeness (QED) is 0.797. The first-order valence-electron chi connectivity index (χ1n) is 10.6. The van der Waals surface area contributed by atoms with Crippen LogP contribution in [0.4, 0.5) is 9.93 Å². The van der Waals surface area contributed by atoms with Crippen LogP contribution in [0.2, 0.25) is 0 Å². The van der Waals surface area contributed by atoms with Gasteiger partial charge in [0.1, 0.15) is 11.3 Å². The molecule has 1 spiro atoms. The van der Waals surface area contributed by atoms with Gasteiger partial charge in [0.25, 0.3) is 0 Å². The molecular weight excluding hydrogens is 406 g/mol. The highest BCUT2D eigenvalue weighted by Crippen LogP contribution is 2.41. The molecule has 0 radical (unpaired) electrons. The van der Waals surface area contributed by atoms with Crippen LogP contribution in [-0.2, 0) is 14.2 Å². The molecule has 3 fully saturated rings. The van der Waals surface area contributed by atoms with Gasteiger partial charge in [0, 0.05) is 39.1 Å². The predicted molar refractivity (Wildman–Crippen MR) is 113 cm³/mol. The lowest BCUT2D eigenvalue weighted by Gasteiger charge is -2.37. The Morgan fingerprint density at radius 1 is 1.20 bits per heavy atom. The summed E-state index contributed by atoms with van der Waals surface area (Å²) in [5.41, 5.74) is 2.08. The molecule has 0 atom stereocenters. The number of thiazole rings is 1. The number of benzene rings is 1. The van der Waals surface area contributed by atoms with E-state index in [1.165, 1.54) is 16.9 Å². The van der Waals surface area contributed by atoms with E-state index in [9.17, 15) is 4.79 Å². The van der Waals surface area contributed by atoms with Crippen molar-refractivity contribution in [3.63, 3.8) is 0 Å². The first-order valence-corrected chi connectivity index (χ1v) is 11.4. The summed E-state index contributed by atoms with van der Waals surface area (Å²) in [6.45, 7) is 4.04. The summed E-state index contributed by atoms with van der Waals surface area (Å²) in [4.78, 5) is 19.3. The fraction of sp³-hybridized carbons (Fsp3) is 0.619. The van der Waals surface area contributed by atoms with E-state index in [4.69, 9.17) is 23.9 Å². The lowest BCUT2D eigenvalue weighted by atomic mass is 9.91. The van der Waals surface area contributed by atoms with Crippen molar-refractivity contribution in [1.82, 2.24) is 9.88 Å². The molecule has 1 aromatic carbocycles. The molecule has 2 aromatic rings. The molecule has 1 aromatic heterocycles. The van der Waals surface area contributed by atoms with E-state index in [1.807, 2.05) is 6.07 Å². The average Bonchev–Trinajstić information content (AvgIpc) is 3.41. The second kappa shape index (κ2) is 8.30. The molecular formula is C21H27N3O5S. The molecule has 162 valence electrons. The van der Waals surface area contributed by atoms with Crippen molar-refractivity contribution in [3.8, 4) is 5.75 Å².